The average molecular weight is 1030 g/mol. The Labute approximate surface area is 464 Å². The quantitative estimate of drug-likeness (QED) is 0.127. The molecule has 8 heteroatoms. The summed E-state index contributed by atoms with van der Waals surface area (Å²) < 4.78 is 0. The third kappa shape index (κ3) is 9.02. The lowest BCUT2D eigenvalue weighted by atomic mass is 9.89. The molecule has 376 valence electrons. The molecule has 14 rings (SSSR count). The molecule has 0 saturated heterocycles. The number of fused-ring (bicyclic) bond motifs is 2. The molecule has 0 fully saturated rings. The Kier molecular flexibility index (Phi) is 12.4. The van der Waals surface area contributed by atoms with Crippen LogP contribution in [0.3, 0.4) is 0 Å². The molecule has 0 aliphatic carbocycles. The Balaban J connectivity index is 1.07. The van der Waals surface area contributed by atoms with E-state index in [2.05, 4.69) is 216 Å². The van der Waals surface area contributed by atoms with Gasteiger partial charge < -0.3 is 4.90 Å². The summed E-state index contributed by atoms with van der Waals surface area (Å²) in [7, 11) is 0. The van der Waals surface area contributed by atoms with Crippen LogP contribution in [-0.4, -0.2) is 29.9 Å². The standard InChI is InChI=1S/C72H48N8/c1-8-26-49(27-9-1)57-46-58(50-28-10-2-11-29-50)76-72(75-57)69-66(45-44-56(68(69)53-34-16-5-17-35-53)61-47-59(51-30-12-3-13-31-51)73-70(77-61)54-36-18-6-19-37-54)79-62-40-22-24-42-64(62)80(65-43-25-23-41-63(65)79)67-48-60(52-32-14-4-15-33-52)74-71(78-67)55-38-20-7-21-39-55/h1-48H. The molecule has 80 heavy (non-hydrogen) atoms. The van der Waals surface area contributed by atoms with E-state index in [0.29, 0.717) is 17.5 Å². The van der Waals surface area contributed by atoms with Crippen molar-refractivity contribution in [1.29, 1.82) is 0 Å². The van der Waals surface area contributed by atoms with Crippen molar-refractivity contribution in [2.75, 3.05) is 9.80 Å². The van der Waals surface area contributed by atoms with Crippen LogP contribution in [0.5, 0.6) is 0 Å². The SMILES string of the molecule is c1ccc(-c2cc(-c3ccc(N4c5ccccc5N(c5cc(-c6ccccc6)nc(-c6ccccc6)n5)c5ccccc54)c(-c4nc(-c5ccccc5)cc(-c5ccccc5)n4)c3-c3ccccc3)nc(-c3ccccc3)n2)cc1. The van der Waals surface area contributed by atoms with Gasteiger partial charge in [-0.2, -0.15) is 0 Å². The summed E-state index contributed by atoms with van der Waals surface area (Å²) in [5, 5.41) is 0. The highest BCUT2D eigenvalue weighted by Gasteiger charge is 2.35. The molecular weight excluding hydrogens is 977 g/mol. The fraction of sp³-hybridized carbons (Fsp3) is 0. The second-order valence-electron chi connectivity index (χ2n) is 19.5. The van der Waals surface area contributed by atoms with Gasteiger partial charge in [0.05, 0.1) is 62.5 Å². The Morgan fingerprint density at radius 1 is 0.200 bits per heavy atom. The van der Waals surface area contributed by atoms with Crippen LogP contribution in [0.25, 0.3) is 102 Å². The maximum Gasteiger partial charge on any atom is 0.163 e. The van der Waals surface area contributed by atoms with Crippen LogP contribution >= 0.6 is 0 Å². The molecule has 0 unspecified atom stereocenters. The monoisotopic (exact) mass is 1020 g/mol. The summed E-state index contributed by atoms with van der Waals surface area (Å²) in [6, 6.07) is 100. The van der Waals surface area contributed by atoms with Crippen molar-refractivity contribution in [3.8, 4) is 102 Å². The molecule has 0 N–H and O–H groups in total. The van der Waals surface area contributed by atoms with Gasteiger partial charge in [0.2, 0.25) is 0 Å². The van der Waals surface area contributed by atoms with E-state index in [0.717, 1.165) is 118 Å². The number of rotatable bonds is 11. The minimum atomic E-state index is 0.551. The number of nitrogens with zero attached hydrogens (tertiary/aromatic N) is 8. The van der Waals surface area contributed by atoms with Crippen LogP contribution in [-0.2, 0) is 0 Å². The molecule has 10 aromatic carbocycles. The van der Waals surface area contributed by atoms with Gasteiger partial charge in [0.25, 0.3) is 0 Å². The smallest absolute Gasteiger partial charge is 0.163 e. The number of aromatic nitrogens is 6. The Morgan fingerprint density at radius 2 is 0.512 bits per heavy atom. The van der Waals surface area contributed by atoms with Crippen LogP contribution in [0.1, 0.15) is 0 Å². The number of hydrogen-bond acceptors (Lipinski definition) is 8. The van der Waals surface area contributed by atoms with Crippen LogP contribution in [0.2, 0.25) is 0 Å². The van der Waals surface area contributed by atoms with Gasteiger partial charge in [-0.15, -0.1) is 0 Å². The van der Waals surface area contributed by atoms with Gasteiger partial charge in [0.15, 0.2) is 17.5 Å². The summed E-state index contributed by atoms with van der Waals surface area (Å²) >= 11 is 0. The molecule has 1 aliphatic rings. The normalized spacial score (nSPS) is 11.7. The first-order valence-corrected chi connectivity index (χ1v) is 26.7. The number of para-hydroxylation sites is 4. The van der Waals surface area contributed by atoms with E-state index in [1.54, 1.807) is 0 Å². The Morgan fingerprint density at radius 3 is 0.938 bits per heavy atom. The maximum absolute atomic E-state index is 5.66. The molecule has 8 nitrogen and oxygen atoms in total. The molecule has 4 heterocycles. The molecule has 3 aromatic heterocycles. The van der Waals surface area contributed by atoms with E-state index in [4.69, 9.17) is 29.9 Å². The first-order chi connectivity index (χ1) is 39.7. The molecule has 0 atom stereocenters. The third-order valence-electron chi connectivity index (χ3n) is 14.4. The highest BCUT2D eigenvalue weighted by molar-refractivity contribution is 6.07. The lowest BCUT2D eigenvalue weighted by Gasteiger charge is -2.40. The average Bonchev–Trinajstić information content (AvgIpc) is 3.66. The van der Waals surface area contributed by atoms with Gasteiger partial charge in [-0.3, -0.25) is 4.90 Å². The third-order valence-corrected chi connectivity index (χ3v) is 14.4. The van der Waals surface area contributed by atoms with E-state index in [1.165, 1.54) is 0 Å². The number of benzene rings is 10. The number of hydrogen-bond donors (Lipinski definition) is 0. The fourth-order valence-corrected chi connectivity index (χ4v) is 10.7. The van der Waals surface area contributed by atoms with Gasteiger partial charge in [0, 0.05) is 50.6 Å². The van der Waals surface area contributed by atoms with E-state index in [1.807, 2.05) is 84.9 Å². The van der Waals surface area contributed by atoms with Crippen molar-refractivity contribution >= 4 is 34.3 Å². The van der Waals surface area contributed by atoms with E-state index in [-0.39, 0.29) is 0 Å². The zero-order valence-corrected chi connectivity index (χ0v) is 43.3. The molecule has 0 radical (unpaired) electrons. The predicted molar refractivity (Wildman–Crippen MR) is 325 cm³/mol. The molecule has 0 saturated carbocycles. The summed E-state index contributed by atoms with van der Waals surface area (Å²) in [6.45, 7) is 0. The maximum atomic E-state index is 5.66. The Bertz CT molecular complexity index is 4120. The first-order valence-electron chi connectivity index (χ1n) is 26.7. The molecule has 0 spiro atoms. The predicted octanol–water partition coefficient (Wildman–Crippen LogP) is 18.3. The van der Waals surface area contributed by atoms with Crippen molar-refractivity contribution in [1.82, 2.24) is 29.9 Å². The Hall–Kier alpha value is -11.0. The molecule has 0 bridgehead atoms. The molecular formula is C72H48N8. The molecule has 13 aromatic rings. The summed E-state index contributed by atoms with van der Waals surface area (Å²) in [4.78, 5) is 37.3. The summed E-state index contributed by atoms with van der Waals surface area (Å²) in [5.74, 6) is 2.53. The van der Waals surface area contributed by atoms with Gasteiger partial charge >= 0.3 is 0 Å². The van der Waals surface area contributed by atoms with Crippen molar-refractivity contribution in [2.24, 2.45) is 0 Å². The van der Waals surface area contributed by atoms with E-state index < -0.39 is 0 Å². The van der Waals surface area contributed by atoms with E-state index in [9.17, 15) is 0 Å². The minimum Gasteiger partial charge on any atom is -0.306 e. The lowest BCUT2D eigenvalue weighted by Crippen LogP contribution is -2.25. The van der Waals surface area contributed by atoms with Crippen LogP contribution < -0.4 is 9.80 Å². The zero-order chi connectivity index (χ0) is 53.2. The van der Waals surface area contributed by atoms with Gasteiger partial charge in [-0.05, 0) is 48.0 Å². The number of anilines is 6. The van der Waals surface area contributed by atoms with Crippen molar-refractivity contribution in [2.45, 2.75) is 0 Å². The topological polar surface area (TPSA) is 83.8 Å². The second-order valence-corrected chi connectivity index (χ2v) is 19.5. The zero-order valence-electron chi connectivity index (χ0n) is 43.3. The highest BCUT2D eigenvalue weighted by atomic mass is 15.3. The van der Waals surface area contributed by atoms with Crippen LogP contribution in [0.4, 0.5) is 34.3 Å². The first kappa shape index (κ1) is 47.5. The van der Waals surface area contributed by atoms with E-state index >= 15 is 0 Å². The minimum absolute atomic E-state index is 0.551. The molecule has 1 aliphatic heterocycles. The highest BCUT2D eigenvalue weighted by Crippen LogP contribution is 2.57. The van der Waals surface area contributed by atoms with Gasteiger partial charge in [-0.25, -0.2) is 29.9 Å². The molecule has 0 amide bonds. The van der Waals surface area contributed by atoms with Crippen molar-refractivity contribution in [3.05, 3.63) is 291 Å². The summed E-state index contributed by atoms with van der Waals surface area (Å²) in [6.07, 6.45) is 0. The van der Waals surface area contributed by atoms with Crippen molar-refractivity contribution in [3.63, 3.8) is 0 Å². The largest absolute Gasteiger partial charge is 0.306 e. The van der Waals surface area contributed by atoms with Crippen LogP contribution in [0.15, 0.2) is 291 Å². The van der Waals surface area contributed by atoms with Crippen LogP contribution in [0, 0.1) is 0 Å². The van der Waals surface area contributed by atoms with Crippen molar-refractivity contribution < 1.29 is 0 Å². The summed E-state index contributed by atoms with van der Waals surface area (Å²) in [5.41, 5.74) is 17.9. The van der Waals surface area contributed by atoms with Gasteiger partial charge in [-0.1, -0.05) is 243 Å². The van der Waals surface area contributed by atoms with Gasteiger partial charge in [0.1, 0.15) is 5.82 Å². The second kappa shape index (κ2) is 20.9. The fourth-order valence-electron chi connectivity index (χ4n) is 10.7. The lowest BCUT2D eigenvalue weighted by molar-refractivity contribution is 1.09.